The van der Waals surface area contributed by atoms with Crippen LogP contribution in [0.25, 0.3) is 10.9 Å². The first-order valence-electron chi connectivity index (χ1n) is 6.52. The van der Waals surface area contributed by atoms with Crippen molar-refractivity contribution in [2.75, 3.05) is 14.2 Å². The maximum Gasteiger partial charge on any atom is 0.132 e. The third-order valence-corrected chi connectivity index (χ3v) is 3.62. The lowest BCUT2D eigenvalue weighted by Crippen LogP contribution is -2.02. The van der Waals surface area contributed by atoms with Crippen molar-refractivity contribution in [1.29, 1.82) is 0 Å². The summed E-state index contributed by atoms with van der Waals surface area (Å²) in [6.07, 6.45) is 2.45. The second kappa shape index (κ2) is 4.70. The molecule has 2 aromatic rings. The Labute approximate surface area is 112 Å². The van der Waals surface area contributed by atoms with Gasteiger partial charge in [0.1, 0.15) is 11.5 Å². The molecule has 1 aliphatic rings. The van der Waals surface area contributed by atoms with Crippen LogP contribution in [0.4, 0.5) is 0 Å². The van der Waals surface area contributed by atoms with Crippen LogP contribution in [0.5, 0.6) is 11.5 Å². The lowest BCUT2D eigenvalue weighted by Gasteiger charge is -2.13. The predicted octanol–water partition coefficient (Wildman–Crippen LogP) is 2.59. The molecule has 100 valence electrons. The van der Waals surface area contributed by atoms with E-state index in [0.717, 1.165) is 33.7 Å². The van der Waals surface area contributed by atoms with E-state index in [4.69, 9.17) is 20.2 Å². The van der Waals surface area contributed by atoms with Gasteiger partial charge >= 0.3 is 0 Å². The van der Waals surface area contributed by atoms with Crippen molar-refractivity contribution in [3.63, 3.8) is 0 Å². The smallest absolute Gasteiger partial charge is 0.132 e. The lowest BCUT2D eigenvalue weighted by molar-refractivity contribution is 0.397. The van der Waals surface area contributed by atoms with Crippen molar-refractivity contribution in [3.8, 4) is 11.5 Å². The van der Waals surface area contributed by atoms with E-state index in [1.165, 1.54) is 12.8 Å². The molecule has 0 aliphatic heterocycles. The molecule has 4 nitrogen and oxygen atoms in total. The number of hydrogen-bond donors (Lipinski definition) is 1. The van der Waals surface area contributed by atoms with Crippen molar-refractivity contribution >= 4 is 10.9 Å². The minimum absolute atomic E-state index is 0.488. The van der Waals surface area contributed by atoms with Gasteiger partial charge in [0.15, 0.2) is 0 Å². The summed E-state index contributed by atoms with van der Waals surface area (Å²) in [7, 11) is 3.30. The lowest BCUT2D eigenvalue weighted by atomic mass is 10.0. The van der Waals surface area contributed by atoms with Gasteiger partial charge in [-0.2, -0.15) is 0 Å². The fourth-order valence-corrected chi connectivity index (χ4v) is 2.44. The van der Waals surface area contributed by atoms with Gasteiger partial charge in [-0.05, 0) is 24.5 Å². The van der Waals surface area contributed by atoms with E-state index in [0.29, 0.717) is 12.5 Å². The molecule has 3 rings (SSSR count). The number of benzene rings is 1. The summed E-state index contributed by atoms with van der Waals surface area (Å²) in [6.45, 7) is 0.488. The number of nitrogens with two attached hydrogens (primary N) is 1. The van der Waals surface area contributed by atoms with Gasteiger partial charge < -0.3 is 15.2 Å². The molecule has 1 heterocycles. The van der Waals surface area contributed by atoms with Crippen LogP contribution in [0.15, 0.2) is 18.2 Å². The van der Waals surface area contributed by atoms with Crippen molar-refractivity contribution in [3.05, 3.63) is 29.5 Å². The number of rotatable bonds is 4. The summed E-state index contributed by atoms with van der Waals surface area (Å²) >= 11 is 0. The first kappa shape index (κ1) is 12.2. The van der Waals surface area contributed by atoms with E-state index < -0.39 is 0 Å². The number of aromatic nitrogens is 1. The van der Waals surface area contributed by atoms with E-state index in [9.17, 15) is 0 Å². The van der Waals surface area contributed by atoms with Gasteiger partial charge in [0, 0.05) is 35.7 Å². The van der Waals surface area contributed by atoms with Crippen LogP contribution in [0.3, 0.4) is 0 Å². The number of nitrogens with zero attached hydrogens (tertiary/aromatic N) is 1. The van der Waals surface area contributed by atoms with Crippen LogP contribution in [-0.4, -0.2) is 19.2 Å². The Hall–Kier alpha value is -1.81. The first-order valence-corrected chi connectivity index (χ1v) is 6.52. The van der Waals surface area contributed by atoms with Gasteiger partial charge in [-0.3, -0.25) is 4.98 Å². The summed E-state index contributed by atoms with van der Waals surface area (Å²) in [5.74, 6) is 2.13. The van der Waals surface area contributed by atoms with Crippen LogP contribution in [0, 0.1) is 0 Å². The Balaban J connectivity index is 2.28. The Bertz CT molecular complexity index is 621. The zero-order valence-electron chi connectivity index (χ0n) is 11.3. The van der Waals surface area contributed by atoms with Crippen molar-refractivity contribution in [1.82, 2.24) is 4.98 Å². The molecular weight excluding hydrogens is 240 g/mol. The highest BCUT2D eigenvalue weighted by Crippen LogP contribution is 2.41. The van der Waals surface area contributed by atoms with E-state index in [1.54, 1.807) is 14.2 Å². The van der Waals surface area contributed by atoms with Gasteiger partial charge in [0.2, 0.25) is 0 Å². The number of methoxy groups -OCH3 is 2. The third kappa shape index (κ3) is 2.12. The number of ether oxygens (including phenoxy) is 2. The molecule has 0 amide bonds. The second-order valence-corrected chi connectivity index (χ2v) is 4.91. The molecule has 0 bridgehead atoms. The molecule has 1 aliphatic carbocycles. The maximum absolute atomic E-state index is 5.88. The standard InChI is InChI=1S/C15H18N2O2/c1-18-11-6-13-15(14(7-11)19-2)10(8-16)5-12(17-13)9-3-4-9/h5-7,9H,3-4,8,16H2,1-2H3. The summed E-state index contributed by atoms with van der Waals surface area (Å²) in [5, 5.41) is 0.996. The number of fused-ring (bicyclic) bond motifs is 1. The zero-order valence-corrected chi connectivity index (χ0v) is 11.3. The van der Waals surface area contributed by atoms with Crippen LogP contribution in [0.2, 0.25) is 0 Å². The number of pyridine rings is 1. The average Bonchev–Trinajstić information content (AvgIpc) is 3.29. The van der Waals surface area contributed by atoms with Gasteiger partial charge in [-0.1, -0.05) is 0 Å². The highest BCUT2D eigenvalue weighted by Gasteiger charge is 2.26. The Kier molecular flexibility index (Phi) is 3.03. The van der Waals surface area contributed by atoms with Gasteiger partial charge in [0.05, 0.1) is 19.7 Å². The predicted molar refractivity (Wildman–Crippen MR) is 74.7 cm³/mol. The number of hydrogen-bond acceptors (Lipinski definition) is 4. The van der Waals surface area contributed by atoms with Gasteiger partial charge in [-0.15, -0.1) is 0 Å². The van der Waals surface area contributed by atoms with E-state index in [2.05, 4.69) is 6.07 Å². The van der Waals surface area contributed by atoms with Crippen LogP contribution in [-0.2, 0) is 6.54 Å². The average molecular weight is 258 g/mol. The largest absolute Gasteiger partial charge is 0.497 e. The molecule has 0 atom stereocenters. The molecule has 0 unspecified atom stereocenters. The van der Waals surface area contributed by atoms with E-state index >= 15 is 0 Å². The topological polar surface area (TPSA) is 57.4 Å². The third-order valence-electron chi connectivity index (χ3n) is 3.62. The second-order valence-electron chi connectivity index (χ2n) is 4.91. The van der Waals surface area contributed by atoms with Crippen molar-refractivity contribution in [2.24, 2.45) is 5.73 Å². The normalized spacial score (nSPS) is 14.7. The Morgan fingerprint density at radius 2 is 2.00 bits per heavy atom. The minimum atomic E-state index is 0.488. The molecular formula is C15H18N2O2. The molecule has 19 heavy (non-hydrogen) atoms. The van der Waals surface area contributed by atoms with Crippen molar-refractivity contribution in [2.45, 2.75) is 25.3 Å². The summed E-state index contributed by atoms with van der Waals surface area (Å²) in [6, 6.07) is 5.94. The zero-order chi connectivity index (χ0) is 13.4. The summed E-state index contributed by atoms with van der Waals surface area (Å²) in [5.41, 5.74) is 9.02. The molecule has 0 radical (unpaired) electrons. The molecule has 4 heteroatoms. The van der Waals surface area contributed by atoms with Crippen LogP contribution in [0.1, 0.15) is 30.0 Å². The van der Waals surface area contributed by atoms with Crippen molar-refractivity contribution < 1.29 is 9.47 Å². The minimum Gasteiger partial charge on any atom is -0.497 e. The van der Waals surface area contributed by atoms with Crippen LogP contribution >= 0.6 is 0 Å². The molecule has 1 aromatic carbocycles. The van der Waals surface area contributed by atoms with Crippen LogP contribution < -0.4 is 15.2 Å². The fraction of sp³-hybridized carbons (Fsp3) is 0.400. The molecule has 1 saturated carbocycles. The molecule has 0 saturated heterocycles. The quantitative estimate of drug-likeness (QED) is 0.915. The SMILES string of the molecule is COc1cc(OC)c2c(CN)cc(C3CC3)nc2c1. The highest BCUT2D eigenvalue weighted by molar-refractivity contribution is 5.90. The van der Waals surface area contributed by atoms with E-state index in [1.807, 2.05) is 12.1 Å². The molecule has 2 N–H and O–H groups in total. The highest BCUT2D eigenvalue weighted by atomic mass is 16.5. The molecule has 1 aromatic heterocycles. The first-order chi connectivity index (χ1) is 9.26. The van der Waals surface area contributed by atoms with Gasteiger partial charge in [-0.25, -0.2) is 0 Å². The molecule has 1 fully saturated rings. The van der Waals surface area contributed by atoms with E-state index in [-0.39, 0.29) is 0 Å². The summed E-state index contributed by atoms with van der Waals surface area (Å²) in [4.78, 5) is 4.75. The monoisotopic (exact) mass is 258 g/mol. The van der Waals surface area contributed by atoms with Gasteiger partial charge in [0.25, 0.3) is 0 Å². The maximum atomic E-state index is 5.88. The molecule has 0 spiro atoms. The Morgan fingerprint density at radius 3 is 2.58 bits per heavy atom. The summed E-state index contributed by atoms with van der Waals surface area (Å²) < 4.78 is 10.8. The fourth-order valence-electron chi connectivity index (χ4n) is 2.44. The Morgan fingerprint density at radius 1 is 1.21 bits per heavy atom.